The molecule has 5 rings (SSSR count). The van der Waals surface area contributed by atoms with Crippen LogP contribution in [0.4, 0.5) is 0 Å². The molecule has 2 N–H and O–H groups in total. The molecule has 0 aliphatic carbocycles. The van der Waals surface area contributed by atoms with Gasteiger partial charge in [-0.05, 0) is 48.1 Å². The Morgan fingerprint density at radius 3 is 2.97 bits per heavy atom. The summed E-state index contributed by atoms with van der Waals surface area (Å²) in [5, 5.41) is 4.26. The fraction of sp³-hybridized carbons (Fsp3) is 0.565. The predicted octanol–water partition coefficient (Wildman–Crippen LogP) is 2.51. The molecule has 154 valence electrons. The molecular weight excluding hydrogens is 364 g/mol. The van der Waals surface area contributed by atoms with E-state index in [-0.39, 0.29) is 17.9 Å². The second-order valence-electron chi connectivity index (χ2n) is 9.07. The maximum absolute atomic E-state index is 12.8. The van der Waals surface area contributed by atoms with Gasteiger partial charge in [-0.15, -0.1) is 0 Å². The van der Waals surface area contributed by atoms with Crippen molar-refractivity contribution in [3.63, 3.8) is 0 Å². The van der Waals surface area contributed by atoms with E-state index in [1.807, 2.05) is 6.20 Å². The van der Waals surface area contributed by atoms with Gasteiger partial charge in [0.05, 0.1) is 6.04 Å². The number of rotatable bonds is 4. The number of aromatic amines is 1. The number of aromatic nitrogens is 1. The van der Waals surface area contributed by atoms with Crippen LogP contribution in [0.15, 0.2) is 30.5 Å². The summed E-state index contributed by atoms with van der Waals surface area (Å²) in [5.41, 5.74) is 2.56. The van der Waals surface area contributed by atoms with Crippen LogP contribution in [0.5, 0.6) is 0 Å². The number of H-pyrrole nitrogens is 1. The molecule has 2 amide bonds. The number of hydrogen-bond acceptors (Lipinski definition) is 3. The van der Waals surface area contributed by atoms with Crippen LogP contribution in [0.2, 0.25) is 0 Å². The van der Waals surface area contributed by atoms with Crippen LogP contribution < -0.4 is 5.32 Å². The van der Waals surface area contributed by atoms with Crippen molar-refractivity contribution in [3.8, 4) is 0 Å². The maximum Gasteiger partial charge on any atom is 0.223 e. The lowest BCUT2D eigenvalue weighted by atomic mass is 9.72. The fourth-order valence-electron chi connectivity index (χ4n) is 6.03. The lowest BCUT2D eigenvalue weighted by molar-refractivity contribution is -0.153. The van der Waals surface area contributed by atoms with E-state index in [0.29, 0.717) is 30.8 Å². The Morgan fingerprint density at radius 2 is 2.10 bits per heavy atom. The normalized spacial score (nSPS) is 29.7. The summed E-state index contributed by atoms with van der Waals surface area (Å²) in [7, 11) is 0. The average molecular weight is 395 g/mol. The summed E-state index contributed by atoms with van der Waals surface area (Å²) in [5.74, 6) is 1.23. The lowest BCUT2D eigenvalue weighted by Gasteiger charge is -2.56. The number of para-hydroxylation sites is 1. The highest BCUT2D eigenvalue weighted by Crippen LogP contribution is 2.41. The number of fused-ring (bicyclic) bond motifs is 5. The second kappa shape index (κ2) is 7.48. The van der Waals surface area contributed by atoms with Crippen LogP contribution in [0.3, 0.4) is 0 Å². The topological polar surface area (TPSA) is 68.4 Å². The van der Waals surface area contributed by atoms with Gasteiger partial charge in [0.2, 0.25) is 11.8 Å². The number of carbonyl (C=O) groups is 2. The number of hydrogen-bond donors (Lipinski definition) is 2. The standard InChI is InChI=1S/C23H30N4O2/c1-15(28)25-11-21-19-10-18(20-6-3-7-22(29)27(20)21)13-26(14-19)12-17-5-2-4-16-8-9-24-23(16)17/h2,4-5,8-9,18-21,24H,3,6-7,10-14H2,1H3,(H,25,28)/t18-,19+,20+,21+/m1/s1. The highest BCUT2D eigenvalue weighted by atomic mass is 16.2. The molecule has 29 heavy (non-hydrogen) atoms. The van der Waals surface area contributed by atoms with E-state index in [1.165, 1.54) is 22.9 Å². The largest absolute Gasteiger partial charge is 0.361 e. The van der Waals surface area contributed by atoms with E-state index < -0.39 is 0 Å². The van der Waals surface area contributed by atoms with Crippen molar-refractivity contribution in [2.75, 3.05) is 19.6 Å². The zero-order valence-corrected chi connectivity index (χ0v) is 17.1. The molecule has 3 saturated heterocycles. The van der Waals surface area contributed by atoms with Gasteiger partial charge in [0.15, 0.2) is 0 Å². The molecule has 3 aliphatic rings. The smallest absolute Gasteiger partial charge is 0.223 e. The predicted molar refractivity (Wildman–Crippen MR) is 112 cm³/mol. The summed E-state index contributed by atoms with van der Waals surface area (Å²) in [6.45, 7) is 5.10. The summed E-state index contributed by atoms with van der Waals surface area (Å²) < 4.78 is 0. The van der Waals surface area contributed by atoms with Gasteiger partial charge in [0, 0.05) is 57.3 Å². The first-order valence-electron chi connectivity index (χ1n) is 10.9. The Bertz CT molecular complexity index is 922. The van der Waals surface area contributed by atoms with Crippen molar-refractivity contribution < 1.29 is 9.59 Å². The van der Waals surface area contributed by atoms with Crippen molar-refractivity contribution in [3.05, 3.63) is 36.0 Å². The molecule has 0 saturated carbocycles. The molecule has 6 heteroatoms. The number of nitrogens with zero attached hydrogens (tertiary/aromatic N) is 2. The van der Waals surface area contributed by atoms with Crippen LogP contribution >= 0.6 is 0 Å². The monoisotopic (exact) mass is 394 g/mol. The zero-order chi connectivity index (χ0) is 20.0. The zero-order valence-electron chi connectivity index (χ0n) is 17.1. The molecule has 2 aromatic rings. The molecule has 0 spiro atoms. The van der Waals surface area contributed by atoms with Crippen molar-refractivity contribution in [1.82, 2.24) is 20.1 Å². The van der Waals surface area contributed by atoms with Gasteiger partial charge in [-0.2, -0.15) is 0 Å². The molecule has 3 aliphatic heterocycles. The quantitative estimate of drug-likeness (QED) is 0.837. The van der Waals surface area contributed by atoms with Crippen molar-refractivity contribution >= 4 is 22.7 Å². The summed E-state index contributed by atoms with van der Waals surface area (Å²) in [4.78, 5) is 32.5. The first-order valence-corrected chi connectivity index (χ1v) is 10.9. The van der Waals surface area contributed by atoms with Gasteiger partial charge in [0.1, 0.15) is 0 Å². The molecule has 1 aromatic heterocycles. The van der Waals surface area contributed by atoms with Crippen molar-refractivity contribution in [2.24, 2.45) is 11.8 Å². The molecule has 0 unspecified atom stereocenters. The van der Waals surface area contributed by atoms with Crippen LogP contribution in [0, 0.1) is 11.8 Å². The van der Waals surface area contributed by atoms with Gasteiger partial charge in [-0.1, -0.05) is 18.2 Å². The van der Waals surface area contributed by atoms with Crippen molar-refractivity contribution in [2.45, 2.75) is 51.2 Å². The first kappa shape index (κ1) is 18.7. The van der Waals surface area contributed by atoms with Gasteiger partial charge in [-0.25, -0.2) is 0 Å². The Morgan fingerprint density at radius 1 is 1.24 bits per heavy atom. The average Bonchev–Trinajstić information content (AvgIpc) is 3.18. The molecule has 2 bridgehead atoms. The number of benzene rings is 1. The molecule has 1 aromatic carbocycles. The van der Waals surface area contributed by atoms with Gasteiger partial charge in [0.25, 0.3) is 0 Å². The van der Waals surface area contributed by atoms with Crippen molar-refractivity contribution in [1.29, 1.82) is 0 Å². The van der Waals surface area contributed by atoms with Crippen LogP contribution in [0.25, 0.3) is 10.9 Å². The molecule has 4 heterocycles. The van der Waals surface area contributed by atoms with Gasteiger partial charge in [-0.3, -0.25) is 14.5 Å². The Kier molecular flexibility index (Phi) is 4.82. The number of likely N-dealkylation sites (tertiary alicyclic amines) is 1. The summed E-state index contributed by atoms with van der Waals surface area (Å²) >= 11 is 0. The number of nitrogens with one attached hydrogen (secondary N) is 2. The third-order valence-electron chi connectivity index (χ3n) is 7.20. The molecule has 6 nitrogen and oxygen atoms in total. The SMILES string of the molecule is CC(=O)NC[C@H]1[C@H]2C[C@H](CN(Cc3cccc4cc[nH]c34)C2)[C@@H]2CCCC(=O)N21. The minimum absolute atomic E-state index is 0.0146. The highest BCUT2D eigenvalue weighted by molar-refractivity contribution is 5.82. The van der Waals surface area contributed by atoms with E-state index in [2.05, 4.69) is 44.4 Å². The molecular formula is C23H30N4O2. The number of piperidine rings is 3. The number of amides is 2. The first-order chi connectivity index (χ1) is 14.1. The molecule has 4 atom stereocenters. The molecule has 0 radical (unpaired) electrons. The van der Waals surface area contributed by atoms with E-state index in [1.54, 1.807) is 6.92 Å². The highest BCUT2D eigenvalue weighted by Gasteiger charge is 2.49. The summed E-state index contributed by atoms with van der Waals surface area (Å²) in [6.07, 6.45) is 5.93. The summed E-state index contributed by atoms with van der Waals surface area (Å²) in [6, 6.07) is 9.08. The van der Waals surface area contributed by atoms with Crippen LogP contribution in [-0.2, 0) is 16.1 Å². The molecule has 3 fully saturated rings. The fourth-order valence-corrected chi connectivity index (χ4v) is 6.03. The van der Waals surface area contributed by atoms with E-state index in [4.69, 9.17) is 0 Å². The van der Waals surface area contributed by atoms with Gasteiger partial charge < -0.3 is 15.2 Å². The minimum atomic E-state index is -0.0146. The van der Waals surface area contributed by atoms with E-state index >= 15 is 0 Å². The Balaban J connectivity index is 1.39. The third-order valence-corrected chi connectivity index (χ3v) is 7.20. The Labute approximate surface area is 171 Å². The number of carbonyl (C=O) groups excluding carboxylic acids is 2. The Hall–Kier alpha value is -2.34. The maximum atomic E-state index is 12.8. The van der Waals surface area contributed by atoms with Gasteiger partial charge >= 0.3 is 0 Å². The van der Waals surface area contributed by atoms with E-state index in [9.17, 15) is 9.59 Å². The van der Waals surface area contributed by atoms with Crippen LogP contribution in [0.1, 0.15) is 38.2 Å². The second-order valence-corrected chi connectivity index (χ2v) is 9.07. The third kappa shape index (κ3) is 3.44. The van der Waals surface area contributed by atoms with E-state index in [0.717, 1.165) is 32.5 Å². The lowest BCUT2D eigenvalue weighted by Crippen LogP contribution is -2.66. The van der Waals surface area contributed by atoms with Crippen LogP contribution in [-0.4, -0.2) is 58.3 Å². The minimum Gasteiger partial charge on any atom is -0.361 e.